The molecule has 2 rings (SSSR count). The first-order valence-electron chi connectivity index (χ1n) is 6.33. The van der Waals surface area contributed by atoms with Gasteiger partial charge in [-0.15, -0.1) is 0 Å². The highest BCUT2D eigenvalue weighted by Crippen LogP contribution is 2.25. The molecule has 1 aromatic carbocycles. The molecule has 0 fully saturated rings. The van der Waals surface area contributed by atoms with Crippen LogP contribution in [-0.2, 0) is 9.53 Å². The van der Waals surface area contributed by atoms with E-state index in [0.29, 0.717) is 19.6 Å². The number of allylic oxidation sites excluding steroid dienone is 1. The zero-order chi connectivity index (χ0) is 12.8. The molecule has 96 valence electrons. The van der Waals surface area contributed by atoms with Gasteiger partial charge in [0.25, 0.3) is 0 Å². The van der Waals surface area contributed by atoms with E-state index in [-0.39, 0.29) is 11.9 Å². The van der Waals surface area contributed by atoms with Crippen molar-refractivity contribution in [3.05, 3.63) is 48.0 Å². The third-order valence-electron chi connectivity index (χ3n) is 3.18. The number of hydrogen-bond donors (Lipinski definition) is 0. The van der Waals surface area contributed by atoms with Gasteiger partial charge in [-0.3, -0.25) is 4.79 Å². The van der Waals surface area contributed by atoms with Crippen LogP contribution in [0.4, 0.5) is 0 Å². The lowest BCUT2D eigenvalue weighted by molar-refractivity contribution is -0.133. The number of methoxy groups -OCH3 is 1. The van der Waals surface area contributed by atoms with Crippen molar-refractivity contribution in [3.63, 3.8) is 0 Å². The number of carbonyl (C=O) groups is 1. The van der Waals surface area contributed by atoms with Gasteiger partial charge in [-0.2, -0.15) is 0 Å². The molecule has 0 N–H and O–H groups in total. The van der Waals surface area contributed by atoms with Crippen LogP contribution in [0.5, 0.6) is 0 Å². The Balaban J connectivity index is 2.24. The maximum atomic E-state index is 12.1. The second-order valence-electron chi connectivity index (χ2n) is 4.40. The van der Waals surface area contributed by atoms with Crippen molar-refractivity contribution in [1.82, 2.24) is 4.90 Å². The average molecular weight is 245 g/mol. The Morgan fingerprint density at radius 1 is 1.33 bits per heavy atom. The second-order valence-corrected chi connectivity index (χ2v) is 4.40. The summed E-state index contributed by atoms with van der Waals surface area (Å²) in [6.45, 7) is 1.21. The molecule has 0 saturated carbocycles. The number of ether oxygens (including phenoxy) is 1. The number of amides is 1. The van der Waals surface area contributed by atoms with E-state index < -0.39 is 0 Å². The predicted molar refractivity (Wildman–Crippen MR) is 71.1 cm³/mol. The smallest absolute Gasteiger partial charge is 0.223 e. The molecular formula is C15H19NO2. The minimum Gasteiger partial charge on any atom is -0.383 e. The number of rotatable bonds is 4. The minimum absolute atomic E-state index is 0.0383. The van der Waals surface area contributed by atoms with Gasteiger partial charge in [-0.25, -0.2) is 0 Å². The van der Waals surface area contributed by atoms with Crippen molar-refractivity contribution < 1.29 is 9.53 Å². The molecule has 1 amide bonds. The van der Waals surface area contributed by atoms with E-state index >= 15 is 0 Å². The summed E-state index contributed by atoms with van der Waals surface area (Å²) in [4.78, 5) is 14.0. The monoisotopic (exact) mass is 245 g/mol. The first-order valence-corrected chi connectivity index (χ1v) is 6.33. The van der Waals surface area contributed by atoms with E-state index in [9.17, 15) is 4.79 Å². The van der Waals surface area contributed by atoms with E-state index in [0.717, 1.165) is 12.0 Å². The largest absolute Gasteiger partial charge is 0.383 e. The van der Waals surface area contributed by atoms with Gasteiger partial charge in [0.2, 0.25) is 5.91 Å². The molecule has 1 aromatic rings. The first kappa shape index (κ1) is 12.8. The van der Waals surface area contributed by atoms with Crippen LogP contribution in [0, 0.1) is 0 Å². The van der Waals surface area contributed by atoms with Gasteiger partial charge >= 0.3 is 0 Å². The highest BCUT2D eigenvalue weighted by molar-refractivity contribution is 5.77. The normalized spacial score (nSPS) is 19.9. The Kier molecular flexibility index (Phi) is 4.53. The maximum Gasteiger partial charge on any atom is 0.223 e. The van der Waals surface area contributed by atoms with E-state index in [1.165, 1.54) is 0 Å². The van der Waals surface area contributed by atoms with E-state index in [1.807, 2.05) is 23.1 Å². The molecule has 0 saturated heterocycles. The number of carbonyl (C=O) groups excluding carboxylic acids is 1. The van der Waals surface area contributed by atoms with Crippen LogP contribution in [0.15, 0.2) is 42.5 Å². The lowest BCUT2D eigenvalue weighted by Crippen LogP contribution is -2.35. The summed E-state index contributed by atoms with van der Waals surface area (Å²) < 4.78 is 5.10. The highest BCUT2D eigenvalue weighted by Gasteiger charge is 2.23. The van der Waals surface area contributed by atoms with Crippen LogP contribution in [0.25, 0.3) is 0 Å². The summed E-state index contributed by atoms with van der Waals surface area (Å²) >= 11 is 0. The Hall–Kier alpha value is -1.61. The van der Waals surface area contributed by atoms with Crippen molar-refractivity contribution in [3.8, 4) is 0 Å². The molecule has 3 nitrogen and oxygen atoms in total. The molecule has 0 aliphatic carbocycles. The lowest BCUT2D eigenvalue weighted by Gasteiger charge is -2.29. The van der Waals surface area contributed by atoms with Crippen LogP contribution in [0.1, 0.15) is 24.4 Å². The molecule has 1 aliphatic rings. The van der Waals surface area contributed by atoms with Gasteiger partial charge in [0.1, 0.15) is 0 Å². The molecule has 0 bridgehead atoms. The predicted octanol–water partition coefficient (Wildman–Crippen LogP) is 2.55. The summed E-state index contributed by atoms with van der Waals surface area (Å²) in [6, 6.07) is 10.2. The molecule has 0 radical (unpaired) electrons. The third kappa shape index (κ3) is 2.99. The molecule has 1 heterocycles. The fourth-order valence-corrected chi connectivity index (χ4v) is 2.23. The van der Waals surface area contributed by atoms with Gasteiger partial charge in [-0.05, 0) is 12.0 Å². The molecule has 0 unspecified atom stereocenters. The molecule has 1 aliphatic heterocycles. The quantitative estimate of drug-likeness (QED) is 0.763. The fraction of sp³-hybridized carbons (Fsp3) is 0.400. The van der Waals surface area contributed by atoms with E-state index in [1.54, 1.807) is 7.11 Å². The molecule has 0 spiro atoms. The standard InChI is InChI=1S/C15H19NO2/c1-18-12-11-16-14(9-5-6-10-15(16)17)13-7-3-2-4-8-13/h2-5,7-9,14H,6,10-12H2,1H3/t14-/m1/s1. The topological polar surface area (TPSA) is 29.5 Å². The van der Waals surface area contributed by atoms with Gasteiger partial charge in [0.05, 0.1) is 12.6 Å². The third-order valence-corrected chi connectivity index (χ3v) is 3.18. The summed E-state index contributed by atoms with van der Waals surface area (Å²) in [7, 11) is 1.66. The van der Waals surface area contributed by atoms with E-state index in [2.05, 4.69) is 24.3 Å². The highest BCUT2D eigenvalue weighted by atomic mass is 16.5. The summed E-state index contributed by atoms with van der Waals surface area (Å²) in [5.74, 6) is 0.200. The van der Waals surface area contributed by atoms with E-state index in [4.69, 9.17) is 4.74 Å². The van der Waals surface area contributed by atoms with Crippen LogP contribution >= 0.6 is 0 Å². The molecule has 0 aromatic heterocycles. The van der Waals surface area contributed by atoms with Gasteiger partial charge in [0, 0.05) is 20.1 Å². The van der Waals surface area contributed by atoms with Crippen molar-refractivity contribution in [2.45, 2.75) is 18.9 Å². The van der Waals surface area contributed by atoms with Crippen LogP contribution in [-0.4, -0.2) is 31.1 Å². The van der Waals surface area contributed by atoms with Crippen LogP contribution in [0.3, 0.4) is 0 Å². The fourth-order valence-electron chi connectivity index (χ4n) is 2.23. The lowest BCUT2D eigenvalue weighted by atomic mass is 10.1. The van der Waals surface area contributed by atoms with Crippen molar-refractivity contribution in [1.29, 1.82) is 0 Å². The minimum atomic E-state index is 0.0383. The zero-order valence-corrected chi connectivity index (χ0v) is 10.7. The SMILES string of the molecule is COCCN1C(=O)CCC=C[C@@H]1c1ccccc1. The average Bonchev–Trinajstić information content (AvgIpc) is 2.59. The molecule has 18 heavy (non-hydrogen) atoms. The second kappa shape index (κ2) is 6.36. The summed E-state index contributed by atoms with van der Waals surface area (Å²) in [5.41, 5.74) is 1.15. The van der Waals surface area contributed by atoms with Gasteiger partial charge in [0.15, 0.2) is 0 Å². The van der Waals surface area contributed by atoms with Crippen LogP contribution in [0.2, 0.25) is 0 Å². The van der Waals surface area contributed by atoms with Crippen molar-refractivity contribution in [2.24, 2.45) is 0 Å². The molecular weight excluding hydrogens is 226 g/mol. The summed E-state index contributed by atoms with van der Waals surface area (Å²) in [6.07, 6.45) is 5.63. The molecule has 3 heteroatoms. The van der Waals surface area contributed by atoms with Crippen LogP contribution < -0.4 is 0 Å². The first-order chi connectivity index (χ1) is 8.83. The summed E-state index contributed by atoms with van der Waals surface area (Å²) in [5, 5.41) is 0. The zero-order valence-electron chi connectivity index (χ0n) is 10.7. The maximum absolute atomic E-state index is 12.1. The number of nitrogens with zero attached hydrogens (tertiary/aromatic N) is 1. The van der Waals surface area contributed by atoms with Crippen molar-refractivity contribution in [2.75, 3.05) is 20.3 Å². The Morgan fingerprint density at radius 3 is 2.83 bits per heavy atom. The van der Waals surface area contributed by atoms with Gasteiger partial charge < -0.3 is 9.64 Å². The Bertz CT molecular complexity index is 414. The Labute approximate surface area is 108 Å². The van der Waals surface area contributed by atoms with Gasteiger partial charge in [-0.1, -0.05) is 42.5 Å². The van der Waals surface area contributed by atoms with Crippen molar-refractivity contribution >= 4 is 5.91 Å². The molecule has 1 atom stereocenters. The number of benzene rings is 1. The Morgan fingerprint density at radius 2 is 2.11 bits per heavy atom. The number of hydrogen-bond acceptors (Lipinski definition) is 2.